The molecule has 2 aliphatic heterocycles. The Labute approximate surface area is 192 Å². The first-order chi connectivity index (χ1) is 16.2. The van der Waals surface area contributed by atoms with Crippen LogP contribution in [0.5, 0.6) is 0 Å². The van der Waals surface area contributed by atoms with Gasteiger partial charge in [-0.2, -0.15) is 14.9 Å². The summed E-state index contributed by atoms with van der Waals surface area (Å²) in [6, 6.07) is 17.5. The van der Waals surface area contributed by atoms with Gasteiger partial charge in [0.1, 0.15) is 5.82 Å². The smallest absolute Gasteiger partial charge is 0.165 e. The highest BCUT2D eigenvalue weighted by Crippen LogP contribution is 2.40. The minimum absolute atomic E-state index is 0.242. The molecule has 2 aliphatic rings. The van der Waals surface area contributed by atoms with Crippen LogP contribution in [0.25, 0.3) is 28.0 Å². The van der Waals surface area contributed by atoms with Crippen molar-refractivity contribution in [2.75, 3.05) is 5.73 Å². The minimum atomic E-state index is 0.242. The molecule has 0 spiro atoms. The summed E-state index contributed by atoms with van der Waals surface area (Å²) in [5, 5.41) is 17.7. The van der Waals surface area contributed by atoms with Gasteiger partial charge in [-0.15, -0.1) is 0 Å². The molecule has 33 heavy (non-hydrogen) atoms. The summed E-state index contributed by atoms with van der Waals surface area (Å²) in [6.07, 6.45) is 8.40. The van der Waals surface area contributed by atoms with E-state index in [-0.39, 0.29) is 6.42 Å². The predicted octanol–water partition coefficient (Wildman–Crippen LogP) is 4.10. The van der Waals surface area contributed by atoms with Crippen molar-refractivity contribution < 1.29 is 0 Å². The number of nitrogens with two attached hydrogens (primary N) is 1. The van der Waals surface area contributed by atoms with Crippen LogP contribution in [0.15, 0.2) is 54.9 Å². The lowest BCUT2D eigenvalue weighted by atomic mass is 9.86. The Morgan fingerprint density at radius 1 is 1.03 bits per heavy atom. The zero-order chi connectivity index (χ0) is 22.4. The van der Waals surface area contributed by atoms with Gasteiger partial charge >= 0.3 is 0 Å². The van der Waals surface area contributed by atoms with E-state index in [1.165, 1.54) is 12.8 Å². The van der Waals surface area contributed by atoms with Crippen LogP contribution in [0.4, 0.5) is 5.82 Å². The van der Waals surface area contributed by atoms with Crippen molar-refractivity contribution >= 4 is 11.5 Å². The first-order valence-corrected chi connectivity index (χ1v) is 11.5. The van der Waals surface area contributed by atoms with Crippen molar-refractivity contribution in [1.29, 1.82) is 5.26 Å². The standard InChI is InChI=1S/C26H25N7/c27-11-10-21-24(18-12-19-7-8-20(13-18)31-19)32-26-22(15-30-33(26)25(21)28)17-6-9-23(29-14-17)16-4-2-1-3-5-16/h1-6,9,14-15,18-20,31H,7-8,10,12-13,28H2/t18?,19-,20+. The van der Waals surface area contributed by atoms with Crippen molar-refractivity contribution in [3.8, 4) is 28.5 Å². The van der Waals surface area contributed by atoms with E-state index in [4.69, 9.17) is 10.7 Å². The van der Waals surface area contributed by atoms with Crippen LogP contribution in [-0.4, -0.2) is 31.7 Å². The van der Waals surface area contributed by atoms with Gasteiger partial charge in [-0.05, 0) is 31.7 Å². The van der Waals surface area contributed by atoms with E-state index in [2.05, 4.69) is 39.7 Å². The Morgan fingerprint density at radius 2 is 1.82 bits per heavy atom. The number of nitriles is 1. The number of aromatic nitrogens is 4. The summed E-state index contributed by atoms with van der Waals surface area (Å²) in [5.41, 5.74) is 12.9. The second kappa shape index (κ2) is 7.98. The fourth-order valence-electron chi connectivity index (χ4n) is 5.48. The molecule has 0 aliphatic carbocycles. The topological polar surface area (TPSA) is 105 Å². The number of hydrogen-bond acceptors (Lipinski definition) is 6. The number of rotatable bonds is 4. The van der Waals surface area contributed by atoms with Crippen LogP contribution >= 0.6 is 0 Å². The number of pyridine rings is 1. The van der Waals surface area contributed by atoms with Crippen LogP contribution in [0, 0.1) is 11.3 Å². The van der Waals surface area contributed by atoms with Crippen LogP contribution in [0.1, 0.15) is 42.9 Å². The van der Waals surface area contributed by atoms with Gasteiger partial charge in [0, 0.05) is 46.5 Å². The average molecular weight is 436 g/mol. The number of anilines is 1. The molecule has 0 amide bonds. The maximum Gasteiger partial charge on any atom is 0.165 e. The van der Waals surface area contributed by atoms with Gasteiger partial charge in [0.05, 0.1) is 30.1 Å². The number of benzene rings is 1. The van der Waals surface area contributed by atoms with Gasteiger partial charge in [-0.1, -0.05) is 36.4 Å². The molecule has 0 radical (unpaired) electrons. The van der Waals surface area contributed by atoms with Crippen molar-refractivity contribution in [3.05, 3.63) is 66.1 Å². The Hall–Kier alpha value is -3.76. The Bertz CT molecular complexity index is 1340. The summed E-state index contributed by atoms with van der Waals surface area (Å²) < 4.78 is 1.67. The summed E-state index contributed by atoms with van der Waals surface area (Å²) in [6.45, 7) is 0. The summed E-state index contributed by atoms with van der Waals surface area (Å²) in [5.74, 6) is 0.822. The van der Waals surface area contributed by atoms with Gasteiger partial charge in [0.2, 0.25) is 0 Å². The molecule has 1 unspecified atom stereocenters. The molecule has 2 fully saturated rings. The van der Waals surface area contributed by atoms with E-state index >= 15 is 0 Å². The maximum absolute atomic E-state index is 9.47. The monoisotopic (exact) mass is 435 g/mol. The first kappa shape index (κ1) is 19.9. The fraction of sp³-hybridized carbons (Fsp3) is 0.308. The molecule has 6 rings (SSSR count). The molecule has 2 bridgehead atoms. The molecule has 7 heteroatoms. The molecular weight excluding hydrogens is 410 g/mol. The lowest BCUT2D eigenvalue weighted by molar-refractivity contribution is 0.358. The average Bonchev–Trinajstić information content (AvgIpc) is 3.44. The Morgan fingerprint density at radius 3 is 2.52 bits per heavy atom. The number of hydrogen-bond donors (Lipinski definition) is 2. The molecule has 164 valence electrons. The van der Waals surface area contributed by atoms with Crippen LogP contribution < -0.4 is 11.1 Å². The van der Waals surface area contributed by atoms with E-state index in [0.717, 1.165) is 52.1 Å². The summed E-state index contributed by atoms with van der Waals surface area (Å²) >= 11 is 0. The van der Waals surface area contributed by atoms with Crippen LogP contribution in [-0.2, 0) is 6.42 Å². The third-order valence-electron chi connectivity index (χ3n) is 7.08. The van der Waals surface area contributed by atoms with E-state index < -0.39 is 0 Å². The Kier molecular flexibility index (Phi) is 4.81. The number of nitrogen functional groups attached to an aromatic ring is 1. The van der Waals surface area contributed by atoms with Crippen molar-refractivity contribution in [3.63, 3.8) is 0 Å². The van der Waals surface area contributed by atoms with Crippen LogP contribution in [0.3, 0.4) is 0 Å². The lowest BCUT2D eigenvalue weighted by Gasteiger charge is -2.30. The molecule has 4 aromatic rings. The highest BCUT2D eigenvalue weighted by Gasteiger charge is 2.36. The molecule has 5 heterocycles. The second-order valence-electron chi connectivity index (χ2n) is 9.09. The van der Waals surface area contributed by atoms with Gasteiger partial charge in [0.15, 0.2) is 5.65 Å². The maximum atomic E-state index is 9.47. The second-order valence-corrected chi connectivity index (χ2v) is 9.09. The molecule has 0 saturated carbocycles. The third kappa shape index (κ3) is 3.43. The van der Waals surface area contributed by atoms with Gasteiger partial charge < -0.3 is 11.1 Å². The molecule has 3 atom stereocenters. The molecule has 3 aromatic heterocycles. The SMILES string of the molecule is N#CCc1c(C2C[C@H]3CC[C@@H](C2)N3)nc2c(-c3ccc(-c4ccccc4)nc3)cnn2c1N. The number of nitrogens with one attached hydrogen (secondary N) is 1. The highest BCUT2D eigenvalue weighted by atomic mass is 15.3. The van der Waals surface area contributed by atoms with E-state index in [1.807, 2.05) is 30.5 Å². The minimum Gasteiger partial charge on any atom is -0.383 e. The normalized spacial score (nSPS) is 21.8. The summed E-state index contributed by atoms with van der Waals surface area (Å²) in [4.78, 5) is 9.78. The van der Waals surface area contributed by atoms with Crippen molar-refractivity contribution in [2.24, 2.45) is 0 Å². The van der Waals surface area contributed by atoms with Gasteiger partial charge in [0.25, 0.3) is 0 Å². The zero-order valence-corrected chi connectivity index (χ0v) is 18.3. The molecule has 2 saturated heterocycles. The van der Waals surface area contributed by atoms with E-state index in [1.54, 1.807) is 10.7 Å². The van der Waals surface area contributed by atoms with Crippen molar-refractivity contribution in [1.82, 2.24) is 24.9 Å². The number of fused-ring (bicyclic) bond motifs is 3. The van der Waals surface area contributed by atoms with Gasteiger partial charge in [-0.25, -0.2) is 4.98 Å². The molecule has 1 aromatic carbocycles. The van der Waals surface area contributed by atoms with E-state index in [9.17, 15) is 5.26 Å². The fourth-order valence-corrected chi connectivity index (χ4v) is 5.48. The summed E-state index contributed by atoms with van der Waals surface area (Å²) in [7, 11) is 0. The largest absolute Gasteiger partial charge is 0.383 e. The third-order valence-corrected chi connectivity index (χ3v) is 7.08. The Balaban J connectivity index is 1.44. The lowest BCUT2D eigenvalue weighted by Crippen LogP contribution is -2.37. The van der Waals surface area contributed by atoms with Crippen molar-refractivity contribution in [2.45, 2.75) is 50.1 Å². The zero-order valence-electron chi connectivity index (χ0n) is 18.3. The first-order valence-electron chi connectivity index (χ1n) is 11.5. The predicted molar refractivity (Wildman–Crippen MR) is 127 cm³/mol. The number of piperidine rings is 1. The molecule has 7 nitrogen and oxygen atoms in total. The quantitative estimate of drug-likeness (QED) is 0.500. The van der Waals surface area contributed by atoms with Crippen LogP contribution in [0.2, 0.25) is 0 Å². The highest BCUT2D eigenvalue weighted by molar-refractivity contribution is 5.79. The number of nitrogens with zero attached hydrogens (tertiary/aromatic N) is 5. The molecule has 3 N–H and O–H groups in total. The van der Waals surface area contributed by atoms with Gasteiger partial charge in [-0.3, -0.25) is 4.98 Å². The van der Waals surface area contributed by atoms with E-state index in [0.29, 0.717) is 23.8 Å². The molecular formula is C26H25N7.